The topological polar surface area (TPSA) is 110 Å². The highest BCUT2D eigenvalue weighted by atomic mass is 32.1. The zero-order chi connectivity index (χ0) is 16.6. The molecular formula is C14H12N4O4S. The fraction of sp³-hybridized carbons (Fsp3) is 0.143. The summed E-state index contributed by atoms with van der Waals surface area (Å²) in [5.74, 6) is -0.665. The van der Waals surface area contributed by atoms with Gasteiger partial charge in [0, 0.05) is 0 Å². The molecule has 0 fully saturated rings. The maximum absolute atomic E-state index is 11.0. The molecule has 0 aliphatic rings. The largest absolute Gasteiger partial charge is 0.506 e. The molecule has 0 spiro atoms. The van der Waals surface area contributed by atoms with Crippen molar-refractivity contribution >= 4 is 17.3 Å². The van der Waals surface area contributed by atoms with E-state index in [1.165, 1.54) is 41.3 Å². The molecule has 2 heterocycles. The maximum atomic E-state index is 11.0. The second-order valence-corrected chi connectivity index (χ2v) is 5.84. The Morgan fingerprint density at radius 1 is 1.39 bits per heavy atom. The Kier molecular flexibility index (Phi) is 3.70. The van der Waals surface area contributed by atoms with E-state index in [4.69, 9.17) is 9.84 Å². The molecule has 2 N–H and O–H groups in total. The highest BCUT2D eigenvalue weighted by Crippen LogP contribution is 2.31. The van der Waals surface area contributed by atoms with E-state index in [1.807, 2.05) is 6.92 Å². The van der Waals surface area contributed by atoms with Crippen LogP contribution in [0.1, 0.15) is 15.2 Å². The van der Waals surface area contributed by atoms with Crippen LogP contribution in [0.2, 0.25) is 0 Å². The Hall–Kier alpha value is -2.94. The molecule has 0 saturated heterocycles. The van der Waals surface area contributed by atoms with Gasteiger partial charge in [0.05, 0.1) is 23.7 Å². The van der Waals surface area contributed by atoms with E-state index in [2.05, 4.69) is 15.3 Å². The summed E-state index contributed by atoms with van der Waals surface area (Å²) in [7, 11) is 1.54. The first kappa shape index (κ1) is 15.0. The zero-order valence-electron chi connectivity index (χ0n) is 12.2. The summed E-state index contributed by atoms with van der Waals surface area (Å²) in [4.78, 5) is 16.3. The van der Waals surface area contributed by atoms with Crippen LogP contribution in [0.15, 0.2) is 24.4 Å². The van der Waals surface area contributed by atoms with Crippen LogP contribution < -0.4 is 4.74 Å². The third kappa shape index (κ3) is 2.73. The summed E-state index contributed by atoms with van der Waals surface area (Å²) in [6.45, 7) is 1.88. The number of aromatic carboxylic acids is 1. The molecule has 3 aromatic rings. The van der Waals surface area contributed by atoms with Crippen LogP contribution >= 0.6 is 11.3 Å². The molecule has 118 valence electrons. The van der Waals surface area contributed by atoms with Gasteiger partial charge in [-0.1, -0.05) is 5.21 Å². The Balaban J connectivity index is 2.01. The SMILES string of the molecule is COc1nc(-c2cn(-c3cc(C(=O)O)ccc3O)nn2)sc1C. The van der Waals surface area contributed by atoms with E-state index in [0.717, 1.165) is 4.88 Å². The number of carbonyl (C=O) groups is 1. The highest BCUT2D eigenvalue weighted by molar-refractivity contribution is 7.15. The van der Waals surface area contributed by atoms with Crippen molar-refractivity contribution in [1.82, 2.24) is 20.0 Å². The number of carboxylic acid groups (broad SMARTS) is 1. The Bertz CT molecular complexity index is 887. The molecule has 8 nitrogen and oxygen atoms in total. The van der Waals surface area contributed by atoms with Crippen molar-refractivity contribution in [2.45, 2.75) is 6.92 Å². The van der Waals surface area contributed by atoms with Crippen LogP contribution in [0.3, 0.4) is 0 Å². The smallest absolute Gasteiger partial charge is 0.335 e. The summed E-state index contributed by atoms with van der Waals surface area (Å²) in [6, 6.07) is 3.94. The first-order valence-corrected chi connectivity index (χ1v) is 7.32. The molecule has 1 aromatic carbocycles. The lowest BCUT2D eigenvalue weighted by atomic mass is 10.2. The summed E-state index contributed by atoms with van der Waals surface area (Å²) < 4.78 is 6.44. The quantitative estimate of drug-likeness (QED) is 0.752. The number of phenols is 1. The molecule has 0 atom stereocenters. The van der Waals surface area contributed by atoms with E-state index in [9.17, 15) is 9.90 Å². The highest BCUT2D eigenvalue weighted by Gasteiger charge is 2.15. The molecule has 9 heteroatoms. The predicted molar refractivity (Wildman–Crippen MR) is 82.4 cm³/mol. The molecule has 2 aromatic heterocycles. The number of nitrogens with zero attached hydrogens (tertiary/aromatic N) is 4. The van der Waals surface area contributed by atoms with Crippen molar-refractivity contribution in [3.63, 3.8) is 0 Å². The fourth-order valence-corrected chi connectivity index (χ4v) is 2.83. The zero-order valence-corrected chi connectivity index (χ0v) is 13.0. The van der Waals surface area contributed by atoms with Crippen molar-refractivity contribution in [3.8, 4) is 28.0 Å². The minimum absolute atomic E-state index is 0.0432. The molecule has 23 heavy (non-hydrogen) atoms. The molecule has 0 unspecified atom stereocenters. The van der Waals surface area contributed by atoms with E-state index in [0.29, 0.717) is 16.6 Å². The molecule has 0 aliphatic carbocycles. The Morgan fingerprint density at radius 2 is 2.17 bits per heavy atom. The van der Waals surface area contributed by atoms with Crippen molar-refractivity contribution in [2.75, 3.05) is 7.11 Å². The van der Waals surface area contributed by atoms with Gasteiger partial charge in [-0.15, -0.1) is 16.4 Å². The number of aromatic hydroxyl groups is 1. The summed E-state index contributed by atoms with van der Waals surface area (Å²) in [5.41, 5.74) is 0.770. The van der Waals surface area contributed by atoms with Crippen molar-refractivity contribution < 1.29 is 19.7 Å². The summed E-state index contributed by atoms with van der Waals surface area (Å²) >= 11 is 1.40. The van der Waals surface area contributed by atoms with Gasteiger partial charge in [-0.3, -0.25) is 0 Å². The third-order valence-corrected chi connectivity index (χ3v) is 4.10. The number of carboxylic acids is 1. The number of hydrogen-bond acceptors (Lipinski definition) is 7. The standard InChI is InChI=1S/C14H12N4O4S/c1-7-12(22-2)15-13(23-7)9-6-18(17-16-9)10-5-8(14(20)21)3-4-11(10)19/h3-6,19H,1-2H3,(H,20,21). The average molecular weight is 332 g/mol. The number of hydrogen-bond donors (Lipinski definition) is 2. The normalized spacial score (nSPS) is 10.7. The number of benzene rings is 1. The average Bonchev–Trinajstić information content (AvgIpc) is 3.13. The van der Waals surface area contributed by atoms with E-state index >= 15 is 0 Å². The van der Waals surface area contributed by atoms with Gasteiger partial charge in [-0.05, 0) is 25.1 Å². The van der Waals surface area contributed by atoms with Gasteiger partial charge < -0.3 is 14.9 Å². The molecule has 0 saturated carbocycles. The fourth-order valence-electron chi connectivity index (χ4n) is 2.00. The van der Waals surface area contributed by atoms with Crippen molar-refractivity contribution in [3.05, 3.63) is 34.8 Å². The molecule has 0 amide bonds. The number of methoxy groups -OCH3 is 1. The van der Waals surface area contributed by atoms with Gasteiger partial charge in [0.25, 0.3) is 0 Å². The second-order valence-electron chi connectivity index (χ2n) is 4.64. The van der Waals surface area contributed by atoms with Crippen LogP contribution in [0.5, 0.6) is 11.6 Å². The molecular weight excluding hydrogens is 320 g/mol. The lowest BCUT2D eigenvalue weighted by Gasteiger charge is -2.04. The van der Waals surface area contributed by atoms with Crippen molar-refractivity contribution in [1.29, 1.82) is 0 Å². The van der Waals surface area contributed by atoms with Gasteiger partial charge in [-0.25, -0.2) is 9.48 Å². The first-order chi connectivity index (χ1) is 11.0. The number of aryl methyl sites for hydroxylation is 1. The van der Waals surface area contributed by atoms with Crippen LogP contribution in [-0.4, -0.2) is 43.3 Å². The number of phenolic OH excluding ortho intramolecular Hbond substituents is 1. The lowest BCUT2D eigenvalue weighted by Crippen LogP contribution is -2.01. The molecule has 3 rings (SSSR count). The van der Waals surface area contributed by atoms with E-state index in [1.54, 1.807) is 6.20 Å². The number of thiazole rings is 1. The van der Waals surface area contributed by atoms with E-state index in [-0.39, 0.29) is 17.0 Å². The van der Waals surface area contributed by atoms with Crippen LogP contribution in [-0.2, 0) is 0 Å². The number of rotatable bonds is 4. The first-order valence-electron chi connectivity index (χ1n) is 6.50. The second kappa shape index (κ2) is 5.69. The van der Waals surface area contributed by atoms with Crippen LogP contribution in [0.25, 0.3) is 16.4 Å². The minimum atomic E-state index is -1.09. The molecule has 0 aliphatic heterocycles. The van der Waals surface area contributed by atoms with Gasteiger partial charge in [0.1, 0.15) is 22.1 Å². The lowest BCUT2D eigenvalue weighted by molar-refractivity contribution is 0.0697. The summed E-state index contributed by atoms with van der Waals surface area (Å²) in [5, 5.41) is 27.5. The summed E-state index contributed by atoms with van der Waals surface area (Å²) in [6.07, 6.45) is 1.57. The van der Waals surface area contributed by atoms with Crippen LogP contribution in [0.4, 0.5) is 0 Å². The monoisotopic (exact) mass is 332 g/mol. The van der Waals surface area contributed by atoms with Gasteiger partial charge in [0.2, 0.25) is 5.88 Å². The number of aromatic nitrogens is 4. The number of ether oxygens (including phenoxy) is 1. The maximum Gasteiger partial charge on any atom is 0.335 e. The van der Waals surface area contributed by atoms with Gasteiger partial charge in [-0.2, -0.15) is 4.98 Å². The minimum Gasteiger partial charge on any atom is -0.506 e. The third-order valence-electron chi connectivity index (χ3n) is 3.13. The van der Waals surface area contributed by atoms with Gasteiger partial charge in [0.15, 0.2) is 0 Å². The Morgan fingerprint density at radius 3 is 2.83 bits per heavy atom. The predicted octanol–water partition coefficient (Wildman–Crippen LogP) is 2.11. The van der Waals surface area contributed by atoms with E-state index < -0.39 is 5.97 Å². The van der Waals surface area contributed by atoms with Gasteiger partial charge >= 0.3 is 5.97 Å². The van der Waals surface area contributed by atoms with Crippen molar-refractivity contribution in [2.24, 2.45) is 0 Å². The molecule has 0 bridgehead atoms. The Labute approximate surface area is 134 Å². The molecule has 0 radical (unpaired) electrons. The van der Waals surface area contributed by atoms with Crippen LogP contribution in [0, 0.1) is 6.92 Å².